The third kappa shape index (κ3) is 12.0. The van der Waals surface area contributed by atoms with Crippen LogP contribution in [0.1, 0.15) is 25.7 Å². The number of aliphatic carboxylic acids is 1. The van der Waals surface area contributed by atoms with Crippen LogP contribution < -0.4 is 38.5 Å². The summed E-state index contributed by atoms with van der Waals surface area (Å²) in [5.74, 6) is -3.23. The second kappa shape index (κ2) is 14.0. The fraction of sp³-hybridized carbons (Fsp3) is 0.667. The Bertz CT molecular complexity index is 587. The zero-order chi connectivity index (χ0) is 22.4. The lowest BCUT2D eigenvalue weighted by Crippen LogP contribution is -2.55. The van der Waals surface area contributed by atoms with E-state index in [0.29, 0.717) is 12.8 Å². The standard InChI is InChI=1S/C15H31N9O5/c16-8(7-25)11(26)23-9(3-1-5-21-14(17)18)12(27)24-10(13(28)29)4-2-6-22-15(19)20/h8-10,25H,1-7,16H2,(H,23,26)(H,24,27)(H,28,29)(H4,17,18,21)(H4,19,20,22)/t8-,9-,10-/m0/s1. The van der Waals surface area contributed by atoms with Gasteiger partial charge in [0.25, 0.3) is 0 Å². The summed E-state index contributed by atoms with van der Waals surface area (Å²) in [5.41, 5.74) is 15.7. The van der Waals surface area contributed by atoms with E-state index in [1.54, 1.807) is 0 Å². The van der Waals surface area contributed by atoms with E-state index in [9.17, 15) is 19.5 Å². The average Bonchev–Trinajstić information content (AvgIpc) is 2.64. The van der Waals surface area contributed by atoms with Gasteiger partial charge in [0.2, 0.25) is 11.8 Å². The molecule has 0 heterocycles. The summed E-state index contributed by atoms with van der Waals surface area (Å²) in [7, 11) is 0. The van der Waals surface area contributed by atoms with Gasteiger partial charge in [-0.25, -0.2) is 4.79 Å². The number of nitrogens with one attached hydrogen (secondary N) is 6. The van der Waals surface area contributed by atoms with Crippen LogP contribution in [0.25, 0.3) is 0 Å². The number of nitrogens with two attached hydrogens (primary N) is 3. The van der Waals surface area contributed by atoms with Crippen LogP contribution in [0.15, 0.2) is 0 Å². The number of guanidine groups is 2. The Morgan fingerprint density at radius 1 is 0.862 bits per heavy atom. The number of aliphatic hydroxyl groups is 1. The largest absolute Gasteiger partial charge is 0.480 e. The maximum Gasteiger partial charge on any atom is 0.326 e. The average molecular weight is 417 g/mol. The Hall–Kier alpha value is -3.13. The van der Waals surface area contributed by atoms with Crippen molar-refractivity contribution in [2.75, 3.05) is 19.7 Å². The highest BCUT2D eigenvalue weighted by atomic mass is 16.4. The monoisotopic (exact) mass is 417 g/mol. The number of hydrogen-bond donors (Lipinski definition) is 11. The molecule has 14 N–H and O–H groups in total. The van der Waals surface area contributed by atoms with E-state index in [2.05, 4.69) is 21.3 Å². The lowest BCUT2D eigenvalue weighted by molar-refractivity contribution is -0.142. The van der Waals surface area contributed by atoms with E-state index >= 15 is 0 Å². The minimum Gasteiger partial charge on any atom is -0.480 e. The van der Waals surface area contributed by atoms with Crippen molar-refractivity contribution in [1.29, 1.82) is 10.8 Å². The molecular formula is C15H31N9O5. The highest BCUT2D eigenvalue weighted by Gasteiger charge is 2.27. The molecule has 0 saturated heterocycles. The van der Waals surface area contributed by atoms with Gasteiger partial charge in [0.15, 0.2) is 11.9 Å². The number of carboxylic acid groups (broad SMARTS) is 1. The van der Waals surface area contributed by atoms with Crippen molar-refractivity contribution in [1.82, 2.24) is 21.3 Å². The van der Waals surface area contributed by atoms with Crippen LogP contribution in [0.5, 0.6) is 0 Å². The molecule has 0 aromatic heterocycles. The Balaban J connectivity index is 4.92. The summed E-state index contributed by atoms with van der Waals surface area (Å²) in [5, 5.41) is 42.2. The molecule has 0 aliphatic heterocycles. The summed E-state index contributed by atoms with van der Waals surface area (Å²) in [6.45, 7) is -0.0930. The van der Waals surface area contributed by atoms with E-state index in [0.717, 1.165) is 0 Å². The molecule has 0 bridgehead atoms. The maximum absolute atomic E-state index is 12.5. The van der Waals surface area contributed by atoms with Crippen LogP contribution in [0.4, 0.5) is 0 Å². The molecule has 0 aromatic carbocycles. The SMILES string of the molecule is N=C(N)NCCC[C@H](NC(=O)[C@H](CCCNC(=N)N)NC(=O)[C@@H](N)CO)C(=O)O. The van der Waals surface area contributed by atoms with Crippen molar-refractivity contribution in [3.63, 3.8) is 0 Å². The summed E-state index contributed by atoms with van der Waals surface area (Å²) in [4.78, 5) is 35.9. The minimum atomic E-state index is -1.25. The smallest absolute Gasteiger partial charge is 0.326 e. The van der Waals surface area contributed by atoms with Gasteiger partial charge < -0.3 is 48.7 Å². The molecule has 166 valence electrons. The van der Waals surface area contributed by atoms with Crippen LogP contribution in [0.2, 0.25) is 0 Å². The number of carbonyl (C=O) groups excluding carboxylic acids is 2. The Morgan fingerprint density at radius 2 is 1.31 bits per heavy atom. The molecule has 0 aliphatic rings. The third-order valence-electron chi connectivity index (χ3n) is 3.75. The summed E-state index contributed by atoms with van der Waals surface area (Å²) < 4.78 is 0. The van der Waals surface area contributed by atoms with Crippen molar-refractivity contribution >= 4 is 29.7 Å². The Kier molecular flexibility index (Phi) is 12.4. The maximum atomic E-state index is 12.5. The molecule has 0 fully saturated rings. The molecule has 14 nitrogen and oxygen atoms in total. The van der Waals surface area contributed by atoms with Crippen molar-refractivity contribution < 1.29 is 24.6 Å². The van der Waals surface area contributed by atoms with Crippen molar-refractivity contribution in [2.45, 2.75) is 43.8 Å². The topological polar surface area (TPSA) is 266 Å². The van der Waals surface area contributed by atoms with Gasteiger partial charge >= 0.3 is 5.97 Å². The first-order valence-corrected chi connectivity index (χ1v) is 8.94. The summed E-state index contributed by atoms with van der Waals surface area (Å²) >= 11 is 0. The lowest BCUT2D eigenvalue weighted by atomic mass is 10.1. The zero-order valence-electron chi connectivity index (χ0n) is 16.0. The summed E-state index contributed by atoms with van der Waals surface area (Å²) in [6.07, 6.45) is 0.858. The van der Waals surface area contributed by atoms with Crippen LogP contribution in [0, 0.1) is 10.8 Å². The van der Waals surface area contributed by atoms with E-state index in [4.69, 9.17) is 33.1 Å². The third-order valence-corrected chi connectivity index (χ3v) is 3.75. The predicted molar refractivity (Wildman–Crippen MR) is 105 cm³/mol. The first kappa shape index (κ1) is 25.9. The molecule has 14 heteroatoms. The molecule has 0 saturated carbocycles. The molecule has 0 aromatic rings. The van der Waals surface area contributed by atoms with E-state index in [-0.39, 0.29) is 37.9 Å². The molecule has 0 unspecified atom stereocenters. The molecule has 0 rings (SSSR count). The van der Waals surface area contributed by atoms with Crippen molar-refractivity contribution in [2.24, 2.45) is 17.2 Å². The molecule has 2 amide bonds. The first-order chi connectivity index (χ1) is 13.6. The van der Waals surface area contributed by atoms with Gasteiger partial charge in [-0.15, -0.1) is 0 Å². The van der Waals surface area contributed by atoms with Crippen LogP contribution >= 0.6 is 0 Å². The molecule has 29 heavy (non-hydrogen) atoms. The lowest BCUT2D eigenvalue weighted by Gasteiger charge is -2.22. The minimum absolute atomic E-state index is 0.0735. The number of aliphatic hydroxyl groups excluding tert-OH is 1. The van der Waals surface area contributed by atoms with Gasteiger partial charge in [-0.2, -0.15) is 0 Å². The Labute approximate surface area is 168 Å². The summed E-state index contributed by atoms with van der Waals surface area (Å²) in [6, 6.07) is -3.53. The van der Waals surface area contributed by atoms with Gasteiger partial charge in [0.05, 0.1) is 6.61 Å². The zero-order valence-corrected chi connectivity index (χ0v) is 16.0. The van der Waals surface area contributed by atoms with E-state index < -0.39 is 42.5 Å². The van der Waals surface area contributed by atoms with Gasteiger partial charge in [-0.05, 0) is 25.7 Å². The second-order valence-corrected chi connectivity index (χ2v) is 6.22. The van der Waals surface area contributed by atoms with Gasteiger partial charge in [0, 0.05) is 13.1 Å². The van der Waals surface area contributed by atoms with Crippen LogP contribution in [0.3, 0.4) is 0 Å². The fourth-order valence-corrected chi connectivity index (χ4v) is 2.22. The van der Waals surface area contributed by atoms with Crippen LogP contribution in [-0.2, 0) is 14.4 Å². The second-order valence-electron chi connectivity index (χ2n) is 6.22. The molecular weight excluding hydrogens is 386 g/mol. The highest BCUT2D eigenvalue weighted by Crippen LogP contribution is 2.03. The predicted octanol–water partition coefficient (Wildman–Crippen LogP) is -4.11. The number of carbonyl (C=O) groups is 3. The van der Waals surface area contributed by atoms with Gasteiger partial charge in [0.1, 0.15) is 18.1 Å². The van der Waals surface area contributed by atoms with E-state index in [1.807, 2.05) is 0 Å². The number of amides is 2. The molecule has 3 atom stereocenters. The quantitative estimate of drug-likeness (QED) is 0.0738. The van der Waals surface area contributed by atoms with Crippen LogP contribution in [-0.4, -0.2) is 77.7 Å². The van der Waals surface area contributed by atoms with Crippen molar-refractivity contribution in [3.05, 3.63) is 0 Å². The van der Waals surface area contributed by atoms with E-state index in [1.165, 1.54) is 0 Å². The number of rotatable bonds is 14. The normalized spacial score (nSPS) is 13.4. The molecule has 0 radical (unpaired) electrons. The van der Waals surface area contributed by atoms with Gasteiger partial charge in [-0.3, -0.25) is 20.4 Å². The number of carboxylic acids is 1. The van der Waals surface area contributed by atoms with Gasteiger partial charge in [-0.1, -0.05) is 0 Å². The van der Waals surface area contributed by atoms with Crippen molar-refractivity contribution in [3.8, 4) is 0 Å². The highest BCUT2D eigenvalue weighted by molar-refractivity contribution is 5.91. The number of hydrogen-bond acceptors (Lipinski definition) is 7. The Morgan fingerprint density at radius 3 is 1.72 bits per heavy atom. The fourth-order valence-electron chi connectivity index (χ4n) is 2.22. The molecule has 0 aliphatic carbocycles. The molecule has 0 spiro atoms. The first-order valence-electron chi connectivity index (χ1n) is 8.94.